The van der Waals surface area contributed by atoms with E-state index in [0.29, 0.717) is 0 Å². The van der Waals surface area contributed by atoms with Gasteiger partial charge in [0.05, 0.1) is 0 Å². The van der Waals surface area contributed by atoms with E-state index in [4.69, 9.17) is 0 Å². The smallest absolute Gasteiger partial charge is 0.00407 e. The summed E-state index contributed by atoms with van der Waals surface area (Å²) in [5.41, 5.74) is 2.69. The summed E-state index contributed by atoms with van der Waals surface area (Å²) < 4.78 is 0. The van der Waals surface area contributed by atoms with Gasteiger partial charge >= 0.3 is 0 Å². The van der Waals surface area contributed by atoms with Crippen LogP contribution in [-0.2, 0) is 6.42 Å². The lowest BCUT2D eigenvalue weighted by molar-refractivity contribution is 1.20. The molecule has 1 heteroatoms. The quantitative estimate of drug-likeness (QED) is 0.658. The van der Waals surface area contributed by atoms with Crippen molar-refractivity contribution in [1.29, 1.82) is 0 Å². The minimum Gasteiger partial charge on any atom is -0.367 e. The van der Waals surface area contributed by atoms with E-state index in [-0.39, 0.29) is 0 Å². The Bertz CT molecular complexity index is 594. The zero-order chi connectivity index (χ0) is 10.8. The Kier molecular flexibility index (Phi) is 2.22. The number of fused-ring (bicyclic) bond motifs is 1. The maximum Gasteiger partial charge on any atom is 0.00407 e. The predicted molar refractivity (Wildman–Crippen MR) is 67.5 cm³/mol. The highest BCUT2D eigenvalue weighted by Gasteiger charge is 1.98. The highest BCUT2D eigenvalue weighted by atomic mass is 14.6. The molecule has 1 aromatic heterocycles. The summed E-state index contributed by atoms with van der Waals surface area (Å²) in [4.78, 5) is 3.09. The third-order valence-corrected chi connectivity index (χ3v) is 2.88. The number of nitrogens with one attached hydrogen (secondary N) is 1. The lowest BCUT2D eigenvalue weighted by Crippen LogP contribution is -1.85. The SMILES string of the molecule is c1ccc2cc(Cc3cc[nH]c3)ccc2c1. The van der Waals surface area contributed by atoms with Crippen LogP contribution in [0.5, 0.6) is 0 Å². The first-order valence-corrected chi connectivity index (χ1v) is 5.51. The van der Waals surface area contributed by atoms with Crippen LogP contribution in [-0.4, -0.2) is 4.98 Å². The maximum absolute atomic E-state index is 3.09. The molecule has 3 rings (SSSR count). The van der Waals surface area contributed by atoms with Crippen LogP contribution in [0.4, 0.5) is 0 Å². The number of rotatable bonds is 2. The minimum atomic E-state index is 0.994. The molecule has 0 atom stereocenters. The van der Waals surface area contributed by atoms with Crippen LogP contribution < -0.4 is 0 Å². The van der Waals surface area contributed by atoms with Crippen molar-refractivity contribution in [2.75, 3.05) is 0 Å². The van der Waals surface area contributed by atoms with Gasteiger partial charge in [-0.05, 0) is 34.4 Å². The van der Waals surface area contributed by atoms with Crippen LogP contribution in [0.3, 0.4) is 0 Å². The van der Waals surface area contributed by atoms with Crippen LogP contribution in [0, 0.1) is 0 Å². The second-order valence-electron chi connectivity index (χ2n) is 4.08. The van der Waals surface area contributed by atoms with Gasteiger partial charge in [0.15, 0.2) is 0 Å². The lowest BCUT2D eigenvalue weighted by atomic mass is 10.0. The van der Waals surface area contributed by atoms with Crippen molar-refractivity contribution in [3.05, 3.63) is 72.1 Å². The topological polar surface area (TPSA) is 15.8 Å². The molecular weight excluding hydrogens is 194 g/mol. The minimum absolute atomic E-state index is 0.994. The zero-order valence-corrected chi connectivity index (χ0v) is 8.98. The van der Waals surface area contributed by atoms with E-state index in [2.05, 4.69) is 59.7 Å². The molecule has 0 radical (unpaired) electrons. The highest BCUT2D eigenvalue weighted by molar-refractivity contribution is 5.83. The number of aromatic amines is 1. The normalized spacial score (nSPS) is 10.8. The fourth-order valence-electron chi connectivity index (χ4n) is 2.05. The van der Waals surface area contributed by atoms with Gasteiger partial charge in [0.2, 0.25) is 0 Å². The molecule has 0 saturated carbocycles. The van der Waals surface area contributed by atoms with Crippen molar-refractivity contribution >= 4 is 10.8 Å². The third-order valence-electron chi connectivity index (χ3n) is 2.88. The second-order valence-corrected chi connectivity index (χ2v) is 4.08. The van der Waals surface area contributed by atoms with Crippen LogP contribution in [0.2, 0.25) is 0 Å². The van der Waals surface area contributed by atoms with E-state index in [1.54, 1.807) is 0 Å². The van der Waals surface area contributed by atoms with Crippen LogP contribution in [0.25, 0.3) is 10.8 Å². The predicted octanol–water partition coefficient (Wildman–Crippen LogP) is 3.76. The molecule has 0 aliphatic rings. The number of H-pyrrole nitrogens is 1. The van der Waals surface area contributed by atoms with Crippen molar-refractivity contribution in [3.63, 3.8) is 0 Å². The Balaban J connectivity index is 1.99. The molecule has 0 saturated heterocycles. The lowest BCUT2D eigenvalue weighted by Gasteiger charge is -2.02. The van der Waals surface area contributed by atoms with Gasteiger partial charge in [0.25, 0.3) is 0 Å². The number of aromatic nitrogens is 1. The molecule has 1 heterocycles. The van der Waals surface area contributed by atoms with Gasteiger partial charge in [-0.15, -0.1) is 0 Å². The van der Waals surface area contributed by atoms with Crippen molar-refractivity contribution < 1.29 is 0 Å². The maximum atomic E-state index is 3.09. The summed E-state index contributed by atoms with van der Waals surface area (Å²) in [6.07, 6.45) is 5.01. The molecular formula is C15H13N. The average Bonchev–Trinajstić information content (AvgIpc) is 2.82. The van der Waals surface area contributed by atoms with E-state index < -0.39 is 0 Å². The zero-order valence-electron chi connectivity index (χ0n) is 8.98. The summed E-state index contributed by atoms with van der Waals surface area (Å²) >= 11 is 0. The summed E-state index contributed by atoms with van der Waals surface area (Å²) in [5.74, 6) is 0. The van der Waals surface area contributed by atoms with Crippen molar-refractivity contribution in [1.82, 2.24) is 4.98 Å². The standard InChI is InChI=1S/C15H13N/c1-2-4-15-10-12(5-6-14(15)3-1)9-13-7-8-16-11-13/h1-8,10-11,16H,9H2. The molecule has 0 aliphatic heterocycles. The summed E-state index contributed by atoms with van der Waals surface area (Å²) in [5, 5.41) is 2.62. The first kappa shape index (κ1) is 9.22. The van der Waals surface area contributed by atoms with E-state index in [9.17, 15) is 0 Å². The van der Waals surface area contributed by atoms with Crippen molar-refractivity contribution in [3.8, 4) is 0 Å². The molecule has 1 N–H and O–H groups in total. The average molecular weight is 207 g/mol. The molecule has 0 amide bonds. The number of hydrogen-bond acceptors (Lipinski definition) is 0. The molecule has 0 fully saturated rings. The fourth-order valence-corrected chi connectivity index (χ4v) is 2.05. The van der Waals surface area contributed by atoms with Gasteiger partial charge in [0, 0.05) is 12.4 Å². The molecule has 2 aromatic carbocycles. The molecule has 0 spiro atoms. The van der Waals surface area contributed by atoms with Gasteiger partial charge in [-0.2, -0.15) is 0 Å². The van der Waals surface area contributed by atoms with E-state index in [1.165, 1.54) is 21.9 Å². The first-order chi connectivity index (χ1) is 7.92. The van der Waals surface area contributed by atoms with Crippen LogP contribution in [0.1, 0.15) is 11.1 Å². The van der Waals surface area contributed by atoms with Crippen molar-refractivity contribution in [2.24, 2.45) is 0 Å². The second kappa shape index (κ2) is 3.86. The van der Waals surface area contributed by atoms with E-state index >= 15 is 0 Å². The summed E-state index contributed by atoms with van der Waals surface area (Å²) in [6, 6.07) is 17.3. The Morgan fingerprint density at radius 3 is 2.50 bits per heavy atom. The van der Waals surface area contributed by atoms with Gasteiger partial charge in [0.1, 0.15) is 0 Å². The Labute approximate surface area is 94.7 Å². The van der Waals surface area contributed by atoms with Crippen molar-refractivity contribution in [2.45, 2.75) is 6.42 Å². The third kappa shape index (κ3) is 1.72. The largest absolute Gasteiger partial charge is 0.367 e. The molecule has 16 heavy (non-hydrogen) atoms. The molecule has 3 aromatic rings. The Morgan fingerprint density at radius 2 is 1.69 bits per heavy atom. The fraction of sp³-hybridized carbons (Fsp3) is 0.0667. The van der Waals surface area contributed by atoms with Crippen LogP contribution >= 0.6 is 0 Å². The van der Waals surface area contributed by atoms with Crippen LogP contribution in [0.15, 0.2) is 60.9 Å². The summed E-state index contributed by atoms with van der Waals surface area (Å²) in [7, 11) is 0. The molecule has 1 nitrogen and oxygen atoms in total. The monoisotopic (exact) mass is 207 g/mol. The number of benzene rings is 2. The molecule has 0 aliphatic carbocycles. The molecule has 78 valence electrons. The molecule has 0 unspecified atom stereocenters. The van der Waals surface area contributed by atoms with E-state index in [1.807, 2.05) is 6.20 Å². The highest BCUT2D eigenvalue weighted by Crippen LogP contribution is 2.17. The Morgan fingerprint density at radius 1 is 0.812 bits per heavy atom. The summed E-state index contributed by atoms with van der Waals surface area (Å²) in [6.45, 7) is 0. The van der Waals surface area contributed by atoms with Gasteiger partial charge in [-0.3, -0.25) is 0 Å². The molecule has 0 bridgehead atoms. The number of hydrogen-bond donors (Lipinski definition) is 1. The van der Waals surface area contributed by atoms with Gasteiger partial charge in [-0.1, -0.05) is 42.5 Å². The van der Waals surface area contributed by atoms with E-state index in [0.717, 1.165) is 6.42 Å². The van der Waals surface area contributed by atoms with Gasteiger partial charge < -0.3 is 4.98 Å². The van der Waals surface area contributed by atoms with Gasteiger partial charge in [-0.25, -0.2) is 0 Å². The Hall–Kier alpha value is -2.02. The first-order valence-electron chi connectivity index (χ1n) is 5.51.